The monoisotopic (exact) mass is 265 g/mol. The quantitative estimate of drug-likeness (QED) is 0.650. The van der Waals surface area contributed by atoms with Gasteiger partial charge in [-0.3, -0.25) is 0 Å². The molecule has 17 heavy (non-hydrogen) atoms. The minimum atomic E-state index is -3.05. The minimum Gasteiger partial charge on any atom is -0.432 e. The Morgan fingerprint density at radius 1 is 1.35 bits per heavy atom. The summed E-state index contributed by atoms with van der Waals surface area (Å²) in [4.78, 5) is 0.552. The zero-order valence-corrected chi connectivity index (χ0v) is 10.4. The second-order valence-electron chi connectivity index (χ2n) is 3.90. The van der Waals surface area contributed by atoms with Gasteiger partial charge in [0.15, 0.2) is 11.6 Å². The second kappa shape index (κ2) is 6.05. The van der Waals surface area contributed by atoms with Crippen LogP contribution in [-0.2, 0) is 0 Å². The molecule has 0 fully saturated rings. The summed E-state index contributed by atoms with van der Waals surface area (Å²) < 4.78 is 41.4. The standard InChI is InChI=1S/C11H14F3NOS/c1-6(2)5-17-10-4-9(16-11(13)14)7(12)3-8(10)15/h3-4,6,11H,5,15H2,1-2H3. The van der Waals surface area contributed by atoms with E-state index in [1.165, 1.54) is 17.8 Å². The summed E-state index contributed by atoms with van der Waals surface area (Å²) in [6.07, 6.45) is 0. The van der Waals surface area contributed by atoms with E-state index in [2.05, 4.69) is 4.74 Å². The van der Waals surface area contributed by atoms with Gasteiger partial charge in [0.1, 0.15) is 0 Å². The van der Waals surface area contributed by atoms with Crippen LogP contribution in [0.15, 0.2) is 17.0 Å². The third-order valence-corrected chi connectivity index (χ3v) is 3.35. The average Bonchev–Trinajstić information content (AvgIpc) is 2.19. The molecular weight excluding hydrogens is 251 g/mol. The van der Waals surface area contributed by atoms with E-state index in [1.807, 2.05) is 13.8 Å². The normalized spacial score (nSPS) is 11.2. The van der Waals surface area contributed by atoms with E-state index in [9.17, 15) is 13.2 Å². The predicted molar refractivity (Wildman–Crippen MR) is 63.0 cm³/mol. The number of nitrogen functional groups attached to an aromatic ring is 1. The third-order valence-electron chi connectivity index (χ3n) is 1.85. The first-order chi connectivity index (χ1) is 7.90. The molecule has 1 aromatic rings. The molecule has 2 nitrogen and oxygen atoms in total. The maximum Gasteiger partial charge on any atom is 0.387 e. The first kappa shape index (κ1) is 14.0. The van der Waals surface area contributed by atoms with Gasteiger partial charge in [0, 0.05) is 22.4 Å². The maximum atomic E-state index is 13.2. The zero-order valence-electron chi connectivity index (χ0n) is 9.54. The van der Waals surface area contributed by atoms with Crippen molar-refractivity contribution < 1.29 is 17.9 Å². The fraction of sp³-hybridized carbons (Fsp3) is 0.455. The number of ether oxygens (including phenoxy) is 1. The summed E-state index contributed by atoms with van der Waals surface area (Å²) >= 11 is 1.39. The van der Waals surface area contributed by atoms with Crippen LogP contribution in [0.4, 0.5) is 18.9 Å². The number of nitrogens with two attached hydrogens (primary N) is 1. The van der Waals surface area contributed by atoms with Crippen LogP contribution in [0.1, 0.15) is 13.8 Å². The van der Waals surface area contributed by atoms with Crippen molar-refractivity contribution in [3.8, 4) is 5.75 Å². The van der Waals surface area contributed by atoms with Crippen LogP contribution < -0.4 is 10.5 Å². The van der Waals surface area contributed by atoms with E-state index in [0.29, 0.717) is 10.8 Å². The van der Waals surface area contributed by atoms with Crippen molar-refractivity contribution in [3.63, 3.8) is 0 Å². The molecule has 0 aliphatic rings. The van der Waals surface area contributed by atoms with E-state index in [0.717, 1.165) is 11.8 Å². The van der Waals surface area contributed by atoms with E-state index in [1.54, 1.807) is 0 Å². The summed E-state index contributed by atoms with van der Waals surface area (Å²) in [7, 11) is 0. The molecule has 0 spiro atoms. The topological polar surface area (TPSA) is 35.2 Å². The molecule has 1 rings (SSSR count). The minimum absolute atomic E-state index is 0.231. The van der Waals surface area contributed by atoms with Gasteiger partial charge in [-0.25, -0.2) is 4.39 Å². The molecule has 6 heteroatoms. The maximum absolute atomic E-state index is 13.2. The van der Waals surface area contributed by atoms with Crippen LogP contribution in [0.25, 0.3) is 0 Å². The van der Waals surface area contributed by atoms with Gasteiger partial charge in [-0.15, -0.1) is 11.8 Å². The number of rotatable bonds is 5. The molecule has 0 radical (unpaired) electrons. The first-order valence-electron chi connectivity index (χ1n) is 5.06. The molecule has 0 saturated carbocycles. The van der Waals surface area contributed by atoms with Crippen LogP contribution in [-0.4, -0.2) is 12.4 Å². The number of anilines is 1. The van der Waals surface area contributed by atoms with Crippen molar-refractivity contribution in [1.82, 2.24) is 0 Å². The smallest absolute Gasteiger partial charge is 0.387 e. The Morgan fingerprint density at radius 2 is 2.00 bits per heavy atom. The molecule has 0 aliphatic carbocycles. The van der Waals surface area contributed by atoms with Crippen molar-refractivity contribution in [3.05, 3.63) is 17.9 Å². The van der Waals surface area contributed by atoms with Gasteiger partial charge < -0.3 is 10.5 Å². The largest absolute Gasteiger partial charge is 0.432 e. The summed E-state index contributed by atoms with van der Waals surface area (Å²) in [5, 5.41) is 0. The highest BCUT2D eigenvalue weighted by Crippen LogP contribution is 2.33. The van der Waals surface area contributed by atoms with Gasteiger partial charge in [0.25, 0.3) is 0 Å². The van der Waals surface area contributed by atoms with Crippen molar-refractivity contribution >= 4 is 17.4 Å². The number of halogens is 3. The Hall–Kier alpha value is -1.04. The van der Waals surface area contributed by atoms with Gasteiger partial charge in [-0.1, -0.05) is 13.8 Å². The second-order valence-corrected chi connectivity index (χ2v) is 4.97. The lowest BCUT2D eigenvalue weighted by Gasteiger charge is -2.11. The Bertz CT molecular complexity index is 385. The fourth-order valence-electron chi connectivity index (χ4n) is 1.12. The lowest BCUT2D eigenvalue weighted by atomic mass is 10.3. The molecule has 0 atom stereocenters. The molecule has 0 bridgehead atoms. The van der Waals surface area contributed by atoms with E-state index >= 15 is 0 Å². The molecule has 0 aromatic heterocycles. The molecule has 0 amide bonds. The van der Waals surface area contributed by atoms with Crippen molar-refractivity contribution in [2.45, 2.75) is 25.4 Å². The number of thioether (sulfide) groups is 1. The van der Waals surface area contributed by atoms with E-state index < -0.39 is 18.2 Å². The number of hydrogen-bond acceptors (Lipinski definition) is 3. The van der Waals surface area contributed by atoms with Crippen molar-refractivity contribution in [1.29, 1.82) is 0 Å². The van der Waals surface area contributed by atoms with Crippen LogP contribution in [0.5, 0.6) is 5.75 Å². The van der Waals surface area contributed by atoms with Crippen molar-refractivity contribution in [2.24, 2.45) is 5.92 Å². The summed E-state index contributed by atoms with van der Waals surface area (Å²) in [6.45, 7) is 0.989. The molecule has 0 heterocycles. The SMILES string of the molecule is CC(C)CSc1cc(OC(F)F)c(F)cc1N. The van der Waals surface area contributed by atoms with E-state index in [-0.39, 0.29) is 5.69 Å². The number of hydrogen-bond donors (Lipinski definition) is 1. The molecule has 1 aromatic carbocycles. The zero-order chi connectivity index (χ0) is 13.0. The fourth-order valence-corrected chi connectivity index (χ4v) is 2.05. The van der Waals surface area contributed by atoms with Crippen molar-refractivity contribution in [2.75, 3.05) is 11.5 Å². The third kappa shape index (κ3) is 4.38. The molecule has 96 valence electrons. The highest BCUT2D eigenvalue weighted by atomic mass is 32.2. The Kier molecular flexibility index (Phi) is 4.99. The van der Waals surface area contributed by atoms with Crippen LogP contribution in [0.2, 0.25) is 0 Å². The van der Waals surface area contributed by atoms with Gasteiger partial charge in [0.2, 0.25) is 0 Å². The Balaban J connectivity index is 2.89. The van der Waals surface area contributed by atoms with Crippen LogP contribution in [0.3, 0.4) is 0 Å². The first-order valence-corrected chi connectivity index (χ1v) is 6.05. The van der Waals surface area contributed by atoms with E-state index in [4.69, 9.17) is 5.73 Å². The summed E-state index contributed by atoms with van der Waals surface area (Å²) in [5.74, 6) is -0.162. The molecule has 0 unspecified atom stereocenters. The number of benzene rings is 1. The molecule has 0 saturated heterocycles. The average molecular weight is 265 g/mol. The highest BCUT2D eigenvalue weighted by molar-refractivity contribution is 7.99. The van der Waals surface area contributed by atoms with Crippen LogP contribution in [0, 0.1) is 11.7 Å². The molecular formula is C11H14F3NOS. The van der Waals surface area contributed by atoms with Crippen LogP contribution >= 0.6 is 11.8 Å². The Labute approximate surface area is 102 Å². The van der Waals surface area contributed by atoms with Gasteiger partial charge in [-0.2, -0.15) is 8.78 Å². The van der Waals surface area contributed by atoms with Gasteiger partial charge in [0.05, 0.1) is 0 Å². The van der Waals surface area contributed by atoms with Gasteiger partial charge >= 0.3 is 6.61 Å². The highest BCUT2D eigenvalue weighted by Gasteiger charge is 2.13. The predicted octanol–water partition coefficient (Wildman–Crippen LogP) is 3.76. The summed E-state index contributed by atoms with van der Waals surface area (Å²) in [6, 6.07) is 2.21. The lowest BCUT2D eigenvalue weighted by Crippen LogP contribution is -2.05. The number of alkyl halides is 2. The van der Waals surface area contributed by atoms with Gasteiger partial charge in [-0.05, 0) is 12.0 Å². The lowest BCUT2D eigenvalue weighted by molar-refractivity contribution is -0.0523. The molecule has 0 aliphatic heterocycles. The Morgan fingerprint density at radius 3 is 2.53 bits per heavy atom. The molecule has 2 N–H and O–H groups in total. The summed E-state index contributed by atoms with van der Waals surface area (Å²) in [5.41, 5.74) is 5.83.